The number of nitrogens with zero attached hydrogens (tertiary/aromatic N) is 4. The Morgan fingerprint density at radius 2 is 1.49 bits per heavy atom. The van der Waals surface area contributed by atoms with Crippen LogP contribution >= 0.6 is 0 Å². The molecule has 0 spiro atoms. The van der Waals surface area contributed by atoms with Crippen molar-refractivity contribution in [1.82, 2.24) is 19.7 Å². The van der Waals surface area contributed by atoms with Crippen LogP contribution in [-0.2, 0) is 23.5 Å². The minimum atomic E-state index is -2.23. The fourth-order valence-corrected chi connectivity index (χ4v) is 6.85. The van der Waals surface area contributed by atoms with E-state index >= 15 is 0 Å². The van der Waals surface area contributed by atoms with Crippen LogP contribution in [0.25, 0.3) is 10.9 Å². The number of hydrogen-bond acceptors (Lipinski definition) is 10. The number of fused-ring (bicyclic) bond motifs is 2. The number of hydroxylamine groups is 2. The molecule has 276 valence electrons. The lowest BCUT2D eigenvalue weighted by atomic mass is 10.1. The molecule has 51 heavy (non-hydrogen) atoms. The van der Waals surface area contributed by atoms with Gasteiger partial charge < -0.3 is 23.5 Å². The maximum absolute atomic E-state index is 13.2. The molecular weight excluding hydrogens is 673 g/mol. The van der Waals surface area contributed by atoms with E-state index in [1.165, 1.54) is 12.1 Å². The molecule has 2 aromatic carbocycles. The molecular formula is C37H50N4O9Si. The lowest BCUT2D eigenvalue weighted by molar-refractivity contribution is -0.193. The second-order valence-corrected chi connectivity index (χ2v) is 21.3. The van der Waals surface area contributed by atoms with Crippen molar-refractivity contribution in [2.24, 2.45) is 0 Å². The van der Waals surface area contributed by atoms with Gasteiger partial charge in [-0.25, -0.2) is 14.4 Å². The number of esters is 1. The highest BCUT2D eigenvalue weighted by molar-refractivity contribution is 6.74. The quantitative estimate of drug-likeness (QED) is 0.136. The number of rotatable bonds is 9. The van der Waals surface area contributed by atoms with E-state index in [1.807, 2.05) is 31.6 Å². The first kappa shape index (κ1) is 38.0. The third kappa shape index (κ3) is 8.62. The van der Waals surface area contributed by atoms with Crippen LogP contribution in [0.5, 0.6) is 5.75 Å². The van der Waals surface area contributed by atoms with Crippen molar-refractivity contribution in [2.45, 2.75) is 110 Å². The van der Waals surface area contributed by atoms with E-state index in [4.69, 9.17) is 28.6 Å². The number of hydrogen-bond donors (Lipinski definition) is 0. The molecule has 0 saturated carbocycles. The lowest BCUT2D eigenvalue weighted by Crippen LogP contribution is -2.46. The number of carbonyl (C=O) groups excluding carboxylic acids is 4. The van der Waals surface area contributed by atoms with Crippen LogP contribution in [-0.4, -0.2) is 95.0 Å². The number of aromatic nitrogens is 2. The first-order chi connectivity index (χ1) is 23.5. The van der Waals surface area contributed by atoms with E-state index in [0.29, 0.717) is 29.4 Å². The number of amides is 3. The second-order valence-electron chi connectivity index (χ2n) is 16.6. The maximum Gasteiger partial charge on any atom is 0.410 e. The molecule has 1 aromatic heterocycles. The Hall–Kier alpha value is -4.27. The second kappa shape index (κ2) is 13.7. The van der Waals surface area contributed by atoms with Crippen LogP contribution in [0.15, 0.2) is 48.7 Å². The van der Waals surface area contributed by atoms with E-state index in [0.717, 1.165) is 5.39 Å². The third-order valence-corrected chi connectivity index (χ3v) is 13.5. The summed E-state index contributed by atoms with van der Waals surface area (Å²) >= 11 is 0. The van der Waals surface area contributed by atoms with Crippen molar-refractivity contribution in [2.75, 3.05) is 19.7 Å². The van der Waals surface area contributed by atoms with Crippen LogP contribution < -0.4 is 4.74 Å². The van der Waals surface area contributed by atoms with Crippen LogP contribution in [0, 0.1) is 0 Å². The summed E-state index contributed by atoms with van der Waals surface area (Å²) in [5.74, 6) is -1.74. The summed E-state index contributed by atoms with van der Waals surface area (Å²) in [6.45, 7) is 21.9. The van der Waals surface area contributed by atoms with Gasteiger partial charge in [0.05, 0.1) is 35.3 Å². The Balaban J connectivity index is 1.36. The third-order valence-electron chi connectivity index (χ3n) is 9.03. The molecule has 0 unspecified atom stereocenters. The number of carbonyl (C=O) groups is 4. The van der Waals surface area contributed by atoms with Crippen LogP contribution in [0.3, 0.4) is 0 Å². The van der Waals surface area contributed by atoms with Crippen LogP contribution in [0.1, 0.15) is 89.1 Å². The minimum Gasteiger partial charge on any atom is -0.490 e. The predicted octanol–water partition coefficient (Wildman–Crippen LogP) is 6.54. The molecule has 3 amide bonds. The first-order valence-electron chi connectivity index (χ1n) is 17.2. The van der Waals surface area contributed by atoms with Crippen molar-refractivity contribution in [3.05, 3.63) is 59.8 Å². The van der Waals surface area contributed by atoms with Gasteiger partial charge in [0.1, 0.15) is 23.6 Å². The molecule has 3 heterocycles. The van der Waals surface area contributed by atoms with Gasteiger partial charge in [0.2, 0.25) is 6.10 Å². The van der Waals surface area contributed by atoms with Gasteiger partial charge in [0.15, 0.2) is 8.32 Å². The molecule has 1 fully saturated rings. The fourth-order valence-electron chi connectivity index (χ4n) is 5.51. The smallest absolute Gasteiger partial charge is 0.410 e. The zero-order chi connectivity index (χ0) is 37.7. The summed E-state index contributed by atoms with van der Waals surface area (Å²) in [5, 5.41) is 6.15. The SMILES string of the molecule is CC(C)(C)OC(=O)[C@H](COc1ccc2nn([C@@H]3CN(C(=O)OC(C)(C)C)C[C@@H]3O[Si](C)(C)C(C)(C)C)cc2c1)ON1C(=O)c2ccccc2C1=O. The highest BCUT2D eigenvalue weighted by Gasteiger charge is 2.46. The van der Waals surface area contributed by atoms with Crippen LogP contribution in [0.4, 0.5) is 4.79 Å². The molecule has 2 aliphatic heterocycles. The molecule has 0 radical (unpaired) electrons. The summed E-state index contributed by atoms with van der Waals surface area (Å²) in [6, 6.07) is 11.3. The van der Waals surface area contributed by atoms with Gasteiger partial charge in [-0.05, 0) is 90.0 Å². The van der Waals surface area contributed by atoms with Gasteiger partial charge >= 0.3 is 12.1 Å². The molecule has 2 aliphatic rings. The van der Waals surface area contributed by atoms with Crippen molar-refractivity contribution < 1.29 is 42.7 Å². The van der Waals surface area contributed by atoms with Crippen molar-refractivity contribution in [3.63, 3.8) is 0 Å². The highest BCUT2D eigenvalue weighted by atomic mass is 28.4. The van der Waals surface area contributed by atoms with Gasteiger partial charge in [-0.2, -0.15) is 5.10 Å². The van der Waals surface area contributed by atoms with Gasteiger partial charge in [0, 0.05) is 18.1 Å². The minimum absolute atomic E-state index is 0.0435. The Morgan fingerprint density at radius 3 is 2.06 bits per heavy atom. The summed E-state index contributed by atoms with van der Waals surface area (Å²) in [5.41, 5.74) is -0.445. The van der Waals surface area contributed by atoms with Crippen molar-refractivity contribution >= 4 is 43.1 Å². The van der Waals surface area contributed by atoms with Crippen molar-refractivity contribution in [1.29, 1.82) is 0 Å². The van der Waals surface area contributed by atoms with Crippen LogP contribution in [0.2, 0.25) is 18.1 Å². The van der Waals surface area contributed by atoms with E-state index < -0.39 is 49.5 Å². The number of benzene rings is 2. The van der Waals surface area contributed by atoms with E-state index in [2.05, 4.69) is 33.9 Å². The number of likely N-dealkylation sites (tertiary alicyclic amines) is 1. The van der Waals surface area contributed by atoms with Gasteiger partial charge in [-0.1, -0.05) is 32.9 Å². The van der Waals surface area contributed by atoms with Gasteiger partial charge in [-0.15, -0.1) is 5.06 Å². The highest BCUT2D eigenvalue weighted by Crippen LogP contribution is 2.40. The molecule has 1 saturated heterocycles. The Morgan fingerprint density at radius 1 is 0.882 bits per heavy atom. The predicted molar refractivity (Wildman–Crippen MR) is 192 cm³/mol. The normalized spacial score (nSPS) is 19.0. The van der Waals surface area contributed by atoms with E-state index in [9.17, 15) is 19.2 Å². The fraction of sp³-hybridized carbons (Fsp3) is 0.541. The van der Waals surface area contributed by atoms with E-state index in [-0.39, 0.29) is 34.9 Å². The van der Waals surface area contributed by atoms with Gasteiger partial charge in [-0.3, -0.25) is 14.3 Å². The number of ether oxygens (including phenoxy) is 3. The Labute approximate surface area is 300 Å². The first-order valence-corrected chi connectivity index (χ1v) is 20.1. The summed E-state index contributed by atoms with van der Waals surface area (Å²) in [7, 11) is -2.23. The van der Waals surface area contributed by atoms with E-state index in [1.54, 1.807) is 56.0 Å². The largest absolute Gasteiger partial charge is 0.490 e. The molecule has 3 atom stereocenters. The maximum atomic E-state index is 13.2. The Bertz CT molecular complexity index is 1780. The summed E-state index contributed by atoms with van der Waals surface area (Å²) in [4.78, 5) is 59.7. The van der Waals surface area contributed by atoms with Gasteiger partial charge in [0.25, 0.3) is 11.8 Å². The molecule has 0 N–H and O–H groups in total. The zero-order valence-corrected chi connectivity index (χ0v) is 32.4. The zero-order valence-electron chi connectivity index (χ0n) is 31.4. The molecule has 0 aliphatic carbocycles. The lowest BCUT2D eigenvalue weighted by Gasteiger charge is -2.39. The molecule has 13 nitrogen and oxygen atoms in total. The molecule has 0 bridgehead atoms. The molecule has 5 rings (SSSR count). The molecule has 14 heteroatoms. The average molecular weight is 723 g/mol. The monoisotopic (exact) mass is 722 g/mol. The number of imide groups is 1. The topological polar surface area (TPSA) is 139 Å². The van der Waals surface area contributed by atoms with Crippen molar-refractivity contribution in [3.8, 4) is 5.75 Å². The summed E-state index contributed by atoms with van der Waals surface area (Å²) < 4.78 is 26.0. The molecule has 3 aromatic rings. The summed E-state index contributed by atoms with van der Waals surface area (Å²) in [6.07, 6.45) is -0.259. The Kier molecular flexibility index (Phi) is 10.2. The standard InChI is InChI=1S/C37H50N4O9Si/c1-35(2,3)47-33(44)30(49-41-31(42)25-14-12-13-15-26(25)32(41)43)22-46-24-16-17-27-23(18-24)19-40(38-27)28-20-39(34(45)48-36(4,5)6)21-29(28)50-51(10,11)37(7,8)9/h12-19,28-30H,20-22H2,1-11H3/t28-,29+,30+/m1/s1. The average Bonchev–Trinajstić information content (AvgIpc) is 3.67.